The number of rotatable bonds is 5. The van der Waals surface area contributed by atoms with Gasteiger partial charge in [0.05, 0.1) is 13.5 Å². The molecule has 0 spiro atoms. The van der Waals surface area contributed by atoms with E-state index in [-0.39, 0.29) is 12.3 Å². The van der Waals surface area contributed by atoms with Crippen molar-refractivity contribution in [3.63, 3.8) is 0 Å². The monoisotopic (exact) mass is 267 g/mol. The van der Waals surface area contributed by atoms with E-state index in [1.54, 1.807) is 0 Å². The van der Waals surface area contributed by atoms with Crippen molar-refractivity contribution in [2.75, 3.05) is 13.5 Å². The third-order valence-corrected chi connectivity index (χ3v) is 4.95. The van der Waals surface area contributed by atoms with E-state index in [0.717, 1.165) is 0 Å². The van der Waals surface area contributed by atoms with E-state index in [9.17, 15) is 9.13 Å². The normalized spacial score (nSPS) is 13.1. The van der Waals surface area contributed by atoms with Crippen LogP contribution in [0.3, 0.4) is 0 Å². The number of aliphatic hydroxyl groups is 2. The molecule has 0 aliphatic rings. The van der Waals surface area contributed by atoms with E-state index >= 15 is 0 Å². The van der Waals surface area contributed by atoms with Crippen LogP contribution in [-0.4, -0.2) is 53.7 Å². The summed E-state index contributed by atoms with van der Waals surface area (Å²) >= 11 is 0. The molecule has 0 saturated carbocycles. The molecule has 0 rings (SSSR count). The van der Waals surface area contributed by atoms with E-state index in [1.165, 1.54) is 0 Å². The average molecular weight is 267 g/mol. The number of hydrogen-bond acceptors (Lipinski definition) is 5. The molecule has 0 atom stereocenters. The summed E-state index contributed by atoms with van der Waals surface area (Å²) in [5.41, 5.74) is -2.52. The summed E-state index contributed by atoms with van der Waals surface area (Å²) in [6.45, 7) is -2.17. The van der Waals surface area contributed by atoms with Gasteiger partial charge in [-0.2, -0.15) is 0 Å². The Labute approximate surface area is 86.3 Å². The summed E-state index contributed by atoms with van der Waals surface area (Å²) in [7, 11) is -10.3. The van der Waals surface area contributed by atoms with Crippen LogP contribution in [-0.2, 0) is 9.13 Å². The Hall–Kier alpha value is 0.180. The second-order valence-corrected chi connectivity index (χ2v) is 6.14. The van der Waals surface area contributed by atoms with Crippen LogP contribution in [0.1, 0.15) is 7.43 Å². The van der Waals surface area contributed by atoms with E-state index in [0.29, 0.717) is 0 Å². The van der Waals surface area contributed by atoms with Gasteiger partial charge in [0.2, 0.25) is 5.52 Å². The molecule has 0 radical (unpaired) electrons. The highest BCUT2D eigenvalue weighted by molar-refractivity contribution is 7.70. The molecule has 0 aromatic rings. The van der Waals surface area contributed by atoms with Gasteiger partial charge in [-0.3, -0.25) is 9.13 Å². The molecule has 0 aromatic carbocycles. The van der Waals surface area contributed by atoms with Gasteiger partial charge in [0.25, 0.3) is 0 Å². The first-order valence-corrected chi connectivity index (χ1v) is 6.57. The number of hydrogen-bond donors (Lipinski definition) is 6. The zero-order chi connectivity index (χ0) is 11.6. The second kappa shape index (κ2) is 6.05. The van der Waals surface area contributed by atoms with Gasteiger partial charge in [-0.15, -0.1) is 0 Å². The maximum Gasteiger partial charge on any atom is 0.355 e. The van der Waals surface area contributed by atoms with Crippen LogP contribution in [0, 0.1) is 0 Å². The molecule has 0 fully saturated rings. The lowest BCUT2D eigenvalue weighted by molar-refractivity contribution is 0.0245. The standard InChI is InChI=1S/C3H11NO8P2.CH4/c5-1-4(2-6)3(13(7,8)9)14(10,11)12;/h3,5-6H,1-2H2,(H2,7,8,9)(H2,10,11,12);1H4. The highest BCUT2D eigenvalue weighted by Crippen LogP contribution is 2.60. The van der Waals surface area contributed by atoms with Crippen LogP contribution in [0.25, 0.3) is 0 Å². The van der Waals surface area contributed by atoms with Crippen molar-refractivity contribution in [2.24, 2.45) is 0 Å². The van der Waals surface area contributed by atoms with Crippen molar-refractivity contribution >= 4 is 15.2 Å². The fourth-order valence-corrected chi connectivity index (χ4v) is 3.52. The van der Waals surface area contributed by atoms with Gasteiger partial charge >= 0.3 is 15.2 Å². The Morgan fingerprint density at radius 3 is 1.27 bits per heavy atom. The molecule has 0 heterocycles. The molecule has 15 heavy (non-hydrogen) atoms. The predicted octanol–water partition coefficient (Wildman–Crippen LogP) is -1.54. The minimum atomic E-state index is -5.14. The fourth-order valence-electron chi connectivity index (χ4n) is 0.812. The largest absolute Gasteiger partial charge is 0.381 e. The number of aliphatic hydroxyl groups excluding tert-OH is 2. The summed E-state index contributed by atoms with van der Waals surface area (Å²) in [4.78, 5) is 34.6. The van der Waals surface area contributed by atoms with Crippen molar-refractivity contribution in [2.45, 2.75) is 13.0 Å². The summed E-state index contributed by atoms with van der Waals surface area (Å²) in [5.74, 6) is 0. The zero-order valence-electron chi connectivity index (χ0n) is 6.83. The molecular formula is C4H15NO8P2. The van der Waals surface area contributed by atoms with Crippen LogP contribution in [0.15, 0.2) is 0 Å². The summed E-state index contributed by atoms with van der Waals surface area (Å²) < 4.78 is 21.4. The quantitative estimate of drug-likeness (QED) is 0.256. The molecule has 0 unspecified atom stereocenters. The van der Waals surface area contributed by atoms with Crippen LogP contribution in [0.4, 0.5) is 0 Å². The molecule has 0 aliphatic carbocycles. The van der Waals surface area contributed by atoms with E-state index < -0.39 is 34.2 Å². The molecule has 0 bridgehead atoms. The van der Waals surface area contributed by atoms with Crippen LogP contribution >= 0.6 is 15.2 Å². The van der Waals surface area contributed by atoms with Crippen LogP contribution < -0.4 is 0 Å². The second-order valence-electron chi connectivity index (χ2n) is 2.40. The molecule has 11 heteroatoms. The Morgan fingerprint density at radius 2 is 1.20 bits per heavy atom. The average Bonchev–Trinajstić information content (AvgIpc) is 1.94. The topological polar surface area (TPSA) is 159 Å². The molecule has 0 amide bonds. The van der Waals surface area contributed by atoms with Gasteiger partial charge in [-0.05, 0) is 0 Å². The number of nitrogens with zero attached hydrogens (tertiary/aromatic N) is 1. The smallest absolute Gasteiger partial charge is 0.355 e. The third kappa shape index (κ3) is 5.17. The molecule has 0 aliphatic heterocycles. The Morgan fingerprint density at radius 1 is 0.933 bits per heavy atom. The zero-order valence-corrected chi connectivity index (χ0v) is 8.62. The van der Waals surface area contributed by atoms with E-state index in [2.05, 4.69) is 0 Å². The summed E-state index contributed by atoms with van der Waals surface area (Å²) in [6, 6.07) is 0. The van der Waals surface area contributed by atoms with Gasteiger partial charge in [0, 0.05) is 0 Å². The highest BCUT2D eigenvalue weighted by Gasteiger charge is 2.47. The lowest BCUT2D eigenvalue weighted by Gasteiger charge is -2.28. The highest BCUT2D eigenvalue weighted by atomic mass is 31.2. The van der Waals surface area contributed by atoms with Gasteiger partial charge in [0.1, 0.15) is 0 Å². The van der Waals surface area contributed by atoms with Crippen molar-refractivity contribution in [1.29, 1.82) is 0 Å². The summed E-state index contributed by atoms with van der Waals surface area (Å²) in [5, 5.41) is 17.0. The van der Waals surface area contributed by atoms with E-state index in [4.69, 9.17) is 29.8 Å². The fraction of sp³-hybridized carbons (Fsp3) is 1.00. The van der Waals surface area contributed by atoms with Crippen LogP contribution in [0.5, 0.6) is 0 Å². The Balaban J connectivity index is 0. The van der Waals surface area contributed by atoms with Gasteiger partial charge in [-0.25, -0.2) is 4.90 Å². The van der Waals surface area contributed by atoms with Crippen molar-refractivity contribution in [1.82, 2.24) is 4.90 Å². The molecule has 6 N–H and O–H groups in total. The van der Waals surface area contributed by atoms with Crippen LogP contribution in [0.2, 0.25) is 0 Å². The molecule has 9 nitrogen and oxygen atoms in total. The first kappa shape index (κ1) is 17.6. The lowest BCUT2D eigenvalue weighted by Crippen LogP contribution is -2.36. The maximum atomic E-state index is 10.7. The van der Waals surface area contributed by atoms with Crippen molar-refractivity contribution < 1.29 is 38.9 Å². The molecule has 94 valence electrons. The maximum absolute atomic E-state index is 10.7. The lowest BCUT2D eigenvalue weighted by atomic mass is 10.9. The van der Waals surface area contributed by atoms with Crippen molar-refractivity contribution in [3.05, 3.63) is 0 Å². The van der Waals surface area contributed by atoms with Gasteiger partial charge < -0.3 is 29.8 Å². The van der Waals surface area contributed by atoms with E-state index in [1.807, 2.05) is 0 Å². The first-order valence-electron chi connectivity index (χ1n) is 3.20. The predicted molar refractivity (Wildman–Crippen MR) is 50.6 cm³/mol. The van der Waals surface area contributed by atoms with Crippen molar-refractivity contribution in [3.8, 4) is 0 Å². The molecule has 0 aromatic heterocycles. The molecule has 0 saturated heterocycles. The third-order valence-electron chi connectivity index (χ3n) is 1.29. The van der Waals surface area contributed by atoms with Gasteiger partial charge in [-0.1, -0.05) is 7.43 Å². The minimum Gasteiger partial charge on any atom is -0.381 e. The minimum absolute atomic E-state index is 0. The Kier molecular flexibility index (Phi) is 7.09. The summed E-state index contributed by atoms with van der Waals surface area (Å²) in [6.07, 6.45) is 0. The Bertz CT molecular complexity index is 244. The van der Waals surface area contributed by atoms with Gasteiger partial charge in [0.15, 0.2) is 0 Å². The molecular weight excluding hydrogens is 252 g/mol. The first-order chi connectivity index (χ1) is 6.14. The SMILES string of the molecule is C.O=P(O)(O)C(N(CO)CO)P(=O)(O)O.